The number of amides is 1. The van der Waals surface area contributed by atoms with Crippen molar-refractivity contribution in [1.29, 1.82) is 0 Å². The number of aryl methyl sites for hydroxylation is 2. The quantitative estimate of drug-likeness (QED) is 0.406. The number of benzene rings is 3. The molecule has 1 aromatic heterocycles. The molecule has 0 aliphatic heterocycles. The lowest BCUT2D eigenvalue weighted by Crippen LogP contribution is -2.12. The Hall–Kier alpha value is -4.00. The van der Waals surface area contributed by atoms with Crippen LogP contribution in [0.4, 0.5) is 11.4 Å². The highest BCUT2D eigenvalue weighted by Gasteiger charge is 2.15. The molecule has 0 radical (unpaired) electrons. The average molecular weight is 386 g/mol. The van der Waals surface area contributed by atoms with E-state index in [1.807, 2.05) is 48.0 Å². The molecule has 1 heterocycles. The number of nitro benzene ring substituents is 1. The van der Waals surface area contributed by atoms with Gasteiger partial charge in [0.15, 0.2) is 0 Å². The van der Waals surface area contributed by atoms with Crippen LogP contribution in [0.15, 0.2) is 66.7 Å². The second kappa shape index (κ2) is 7.20. The Labute approximate surface area is 166 Å². The van der Waals surface area contributed by atoms with E-state index in [2.05, 4.69) is 10.3 Å². The summed E-state index contributed by atoms with van der Waals surface area (Å²) >= 11 is 0. The van der Waals surface area contributed by atoms with Crippen molar-refractivity contribution in [3.8, 4) is 11.4 Å². The molecule has 1 amide bonds. The Balaban J connectivity index is 1.57. The zero-order valence-electron chi connectivity index (χ0n) is 15.9. The number of carbonyl (C=O) groups is 1. The maximum Gasteiger partial charge on any atom is 0.273 e. The molecule has 7 heteroatoms. The van der Waals surface area contributed by atoms with Crippen molar-refractivity contribution < 1.29 is 9.72 Å². The Morgan fingerprint density at radius 3 is 2.48 bits per heavy atom. The van der Waals surface area contributed by atoms with Crippen molar-refractivity contribution in [2.45, 2.75) is 6.92 Å². The average Bonchev–Trinajstić information content (AvgIpc) is 3.05. The molecule has 0 saturated heterocycles. The first kappa shape index (κ1) is 18.4. The maximum atomic E-state index is 12.5. The van der Waals surface area contributed by atoms with Crippen LogP contribution in [0.3, 0.4) is 0 Å². The number of para-hydroxylation sites is 2. The Kier molecular flexibility index (Phi) is 4.56. The first-order valence-electron chi connectivity index (χ1n) is 9.02. The van der Waals surface area contributed by atoms with Gasteiger partial charge in [-0.05, 0) is 49.4 Å². The van der Waals surface area contributed by atoms with Crippen LogP contribution in [0.5, 0.6) is 0 Å². The minimum atomic E-state index is -0.488. The molecule has 1 N–H and O–H groups in total. The van der Waals surface area contributed by atoms with Gasteiger partial charge in [0, 0.05) is 35.5 Å². The monoisotopic (exact) mass is 386 g/mol. The molecule has 7 nitrogen and oxygen atoms in total. The van der Waals surface area contributed by atoms with E-state index < -0.39 is 10.8 Å². The number of anilines is 1. The summed E-state index contributed by atoms with van der Waals surface area (Å²) in [5.41, 5.74) is 4.16. The lowest BCUT2D eigenvalue weighted by molar-refractivity contribution is -0.385. The van der Waals surface area contributed by atoms with E-state index in [1.54, 1.807) is 31.2 Å². The van der Waals surface area contributed by atoms with Crippen LogP contribution in [-0.2, 0) is 7.05 Å². The Morgan fingerprint density at radius 2 is 1.79 bits per heavy atom. The van der Waals surface area contributed by atoms with E-state index in [9.17, 15) is 14.9 Å². The number of imidazole rings is 1. The lowest BCUT2D eigenvalue weighted by atomic mass is 10.1. The fraction of sp³-hybridized carbons (Fsp3) is 0.0909. The van der Waals surface area contributed by atoms with Crippen LogP contribution in [0.2, 0.25) is 0 Å². The minimum Gasteiger partial charge on any atom is -0.327 e. The highest BCUT2D eigenvalue weighted by atomic mass is 16.6. The molecule has 0 bridgehead atoms. The summed E-state index contributed by atoms with van der Waals surface area (Å²) in [5.74, 6) is 0.432. The van der Waals surface area contributed by atoms with Gasteiger partial charge in [0.05, 0.1) is 16.0 Å². The van der Waals surface area contributed by atoms with Gasteiger partial charge < -0.3 is 9.88 Å². The number of nitrogens with one attached hydrogen (secondary N) is 1. The van der Waals surface area contributed by atoms with Crippen molar-refractivity contribution in [1.82, 2.24) is 9.55 Å². The van der Waals surface area contributed by atoms with Crippen molar-refractivity contribution in [2.75, 3.05) is 5.32 Å². The summed E-state index contributed by atoms with van der Waals surface area (Å²) in [6.45, 7) is 1.64. The molecular formula is C22H18N4O3. The number of hydrogen-bond donors (Lipinski definition) is 1. The fourth-order valence-corrected chi connectivity index (χ4v) is 3.26. The van der Waals surface area contributed by atoms with Crippen LogP contribution in [0, 0.1) is 17.0 Å². The van der Waals surface area contributed by atoms with E-state index in [-0.39, 0.29) is 11.3 Å². The number of nitrogens with zero attached hydrogens (tertiary/aromatic N) is 3. The van der Waals surface area contributed by atoms with Gasteiger partial charge >= 0.3 is 0 Å². The van der Waals surface area contributed by atoms with Gasteiger partial charge in [-0.1, -0.05) is 18.2 Å². The van der Waals surface area contributed by atoms with E-state index in [0.717, 1.165) is 22.4 Å². The third-order valence-corrected chi connectivity index (χ3v) is 4.86. The fourth-order valence-electron chi connectivity index (χ4n) is 3.26. The molecule has 29 heavy (non-hydrogen) atoms. The summed E-state index contributed by atoms with van der Waals surface area (Å²) in [7, 11) is 1.96. The van der Waals surface area contributed by atoms with Gasteiger partial charge in [-0.2, -0.15) is 0 Å². The largest absolute Gasteiger partial charge is 0.327 e. The number of nitro groups is 1. The molecule has 0 aliphatic rings. The van der Waals surface area contributed by atoms with Gasteiger partial charge in [0.1, 0.15) is 5.82 Å². The molecule has 0 aliphatic carbocycles. The third kappa shape index (κ3) is 3.45. The zero-order chi connectivity index (χ0) is 20.5. The molecule has 144 valence electrons. The molecule has 0 atom stereocenters. The molecular weight excluding hydrogens is 368 g/mol. The first-order chi connectivity index (χ1) is 13.9. The standard InChI is InChI=1S/C22H18N4O3/c1-14-7-8-16(13-20(14)26(28)29)22(27)23-17-11-9-15(10-12-17)21-24-18-5-3-4-6-19(18)25(21)2/h3-13H,1-2H3,(H,23,27). The van der Waals surface area contributed by atoms with Crippen LogP contribution < -0.4 is 5.32 Å². The van der Waals surface area contributed by atoms with E-state index in [0.29, 0.717) is 11.3 Å². The zero-order valence-corrected chi connectivity index (χ0v) is 15.9. The van der Waals surface area contributed by atoms with E-state index in [1.165, 1.54) is 6.07 Å². The normalized spacial score (nSPS) is 10.8. The smallest absolute Gasteiger partial charge is 0.273 e. The predicted molar refractivity (Wildman–Crippen MR) is 112 cm³/mol. The Bertz CT molecular complexity index is 1240. The summed E-state index contributed by atoms with van der Waals surface area (Å²) in [6, 6.07) is 19.7. The van der Waals surface area contributed by atoms with Gasteiger partial charge in [0.2, 0.25) is 0 Å². The number of fused-ring (bicyclic) bond motifs is 1. The van der Waals surface area contributed by atoms with Crippen molar-refractivity contribution in [3.05, 3.63) is 88.0 Å². The SMILES string of the molecule is Cc1ccc(C(=O)Nc2ccc(-c3nc4ccccc4n3C)cc2)cc1[N+](=O)[O-]. The molecule has 0 saturated carbocycles. The van der Waals surface area contributed by atoms with Crippen molar-refractivity contribution in [2.24, 2.45) is 7.05 Å². The van der Waals surface area contributed by atoms with E-state index in [4.69, 9.17) is 0 Å². The minimum absolute atomic E-state index is 0.0742. The van der Waals surface area contributed by atoms with Gasteiger partial charge in [-0.15, -0.1) is 0 Å². The summed E-state index contributed by atoms with van der Waals surface area (Å²) in [4.78, 5) is 27.7. The molecule has 4 aromatic rings. The van der Waals surface area contributed by atoms with Crippen molar-refractivity contribution >= 4 is 28.3 Å². The van der Waals surface area contributed by atoms with Crippen molar-refractivity contribution in [3.63, 3.8) is 0 Å². The maximum absolute atomic E-state index is 12.5. The molecule has 0 unspecified atom stereocenters. The van der Waals surface area contributed by atoms with Crippen LogP contribution in [0.25, 0.3) is 22.4 Å². The molecule has 3 aromatic carbocycles. The molecule has 4 rings (SSSR count). The van der Waals surface area contributed by atoms with Crippen LogP contribution in [-0.4, -0.2) is 20.4 Å². The number of carbonyl (C=O) groups excluding carboxylic acids is 1. The highest BCUT2D eigenvalue weighted by molar-refractivity contribution is 6.04. The summed E-state index contributed by atoms with van der Waals surface area (Å²) in [5, 5.41) is 13.9. The van der Waals surface area contributed by atoms with Gasteiger partial charge in [-0.25, -0.2) is 4.98 Å². The highest BCUT2D eigenvalue weighted by Crippen LogP contribution is 2.25. The first-order valence-corrected chi connectivity index (χ1v) is 9.02. The lowest BCUT2D eigenvalue weighted by Gasteiger charge is -2.08. The number of aromatic nitrogens is 2. The van der Waals surface area contributed by atoms with E-state index >= 15 is 0 Å². The topological polar surface area (TPSA) is 90.1 Å². The second-order valence-corrected chi connectivity index (χ2v) is 6.77. The third-order valence-electron chi connectivity index (χ3n) is 4.86. The van der Waals surface area contributed by atoms with Crippen LogP contribution >= 0.6 is 0 Å². The second-order valence-electron chi connectivity index (χ2n) is 6.77. The Morgan fingerprint density at radius 1 is 1.07 bits per heavy atom. The van der Waals surface area contributed by atoms with Gasteiger partial charge in [-0.3, -0.25) is 14.9 Å². The van der Waals surface area contributed by atoms with Gasteiger partial charge in [0.25, 0.3) is 11.6 Å². The number of rotatable bonds is 4. The summed E-state index contributed by atoms with van der Waals surface area (Å²) < 4.78 is 2.02. The molecule has 0 spiro atoms. The van der Waals surface area contributed by atoms with Crippen LogP contribution in [0.1, 0.15) is 15.9 Å². The summed E-state index contributed by atoms with van der Waals surface area (Å²) in [6.07, 6.45) is 0. The predicted octanol–water partition coefficient (Wildman–Crippen LogP) is 4.71. The number of hydrogen-bond acceptors (Lipinski definition) is 4. The molecule has 0 fully saturated rings.